The van der Waals surface area contributed by atoms with Gasteiger partial charge < -0.3 is 20.1 Å². The number of ether oxygens (including phenoxy) is 2. The first-order chi connectivity index (χ1) is 15.7. The van der Waals surface area contributed by atoms with Crippen LogP contribution in [0.25, 0.3) is 11.1 Å². The maximum absolute atomic E-state index is 12.9. The summed E-state index contributed by atoms with van der Waals surface area (Å²) in [6.07, 6.45) is 0. The van der Waals surface area contributed by atoms with Gasteiger partial charge in [-0.05, 0) is 54.7 Å². The number of anilines is 2. The second-order valence-corrected chi connectivity index (χ2v) is 10.2. The third-order valence-electron chi connectivity index (χ3n) is 5.17. The second kappa shape index (κ2) is 10.4. The molecule has 33 heavy (non-hydrogen) atoms. The Morgan fingerprint density at radius 3 is 2.39 bits per heavy atom. The van der Waals surface area contributed by atoms with E-state index in [-0.39, 0.29) is 11.4 Å². The summed E-state index contributed by atoms with van der Waals surface area (Å²) >= 11 is 7.09. The van der Waals surface area contributed by atoms with Crippen molar-refractivity contribution in [3.63, 3.8) is 0 Å². The summed E-state index contributed by atoms with van der Waals surface area (Å²) in [5.74, 6) is 0.309. The van der Waals surface area contributed by atoms with Gasteiger partial charge in [0.15, 0.2) is 5.11 Å². The van der Waals surface area contributed by atoms with Gasteiger partial charge in [0.2, 0.25) is 0 Å². The Morgan fingerprint density at radius 2 is 1.79 bits per heavy atom. The topological polar surface area (TPSA) is 59.6 Å². The van der Waals surface area contributed by atoms with Crippen LogP contribution in [0, 0.1) is 6.92 Å². The molecule has 0 saturated heterocycles. The fourth-order valence-corrected chi connectivity index (χ4v) is 4.86. The van der Waals surface area contributed by atoms with E-state index < -0.39 is 0 Å². The number of hydrogen-bond acceptors (Lipinski definition) is 5. The Kier molecular flexibility index (Phi) is 7.76. The van der Waals surface area contributed by atoms with E-state index in [0.717, 1.165) is 27.3 Å². The fourth-order valence-electron chi connectivity index (χ4n) is 3.51. The Morgan fingerprint density at radius 1 is 1.09 bits per heavy atom. The summed E-state index contributed by atoms with van der Waals surface area (Å²) in [6.45, 7) is 10.5. The highest BCUT2D eigenvalue weighted by Crippen LogP contribution is 2.40. The average Bonchev–Trinajstić information content (AvgIpc) is 3.09. The quantitative estimate of drug-likeness (QED) is 0.291. The Labute approximate surface area is 205 Å². The summed E-state index contributed by atoms with van der Waals surface area (Å²) in [7, 11) is 1.63. The summed E-state index contributed by atoms with van der Waals surface area (Å²) in [4.78, 5) is 13.9. The maximum Gasteiger partial charge on any atom is 0.341 e. The van der Waals surface area contributed by atoms with E-state index in [0.29, 0.717) is 28.0 Å². The van der Waals surface area contributed by atoms with E-state index in [2.05, 4.69) is 31.4 Å². The maximum atomic E-state index is 12.9. The molecule has 5 nitrogen and oxygen atoms in total. The molecule has 0 radical (unpaired) electrons. The minimum absolute atomic E-state index is 0.0235. The zero-order chi connectivity index (χ0) is 24.2. The van der Waals surface area contributed by atoms with Gasteiger partial charge in [0.25, 0.3) is 0 Å². The van der Waals surface area contributed by atoms with E-state index in [1.54, 1.807) is 14.0 Å². The van der Waals surface area contributed by atoms with Crippen molar-refractivity contribution in [2.45, 2.75) is 40.0 Å². The van der Waals surface area contributed by atoms with Crippen molar-refractivity contribution in [2.75, 3.05) is 24.4 Å². The van der Waals surface area contributed by atoms with Crippen LogP contribution in [0.2, 0.25) is 0 Å². The molecule has 0 bridgehead atoms. The lowest BCUT2D eigenvalue weighted by atomic mass is 9.87. The SMILES string of the molecule is CCOC(=O)c1c(NC(=S)Nc2cc(C(C)(C)C)ccc2OC)sc(C)c1-c1ccccc1. The van der Waals surface area contributed by atoms with Crippen LogP contribution in [0.1, 0.15) is 48.5 Å². The van der Waals surface area contributed by atoms with Gasteiger partial charge in [0.1, 0.15) is 16.3 Å². The molecule has 2 aromatic carbocycles. The van der Waals surface area contributed by atoms with Crippen molar-refractivity contribution in [3.8, 4) is 16.9 Å². The van der Waals surface area contributed by atoms with Crippen LogP contribution in [0.3, 0.4) is 0 Å². The molecule has 0 amide bonds. The van der Waals surface area contributed by atoms with Crippen LogP contribution in [0.5, 0.6) is 5.75 Å². The zero-order valence-corrected chi connectivity index (χ0v) is 21.5. The van der Waals surface area contributed by atoms with Crippen LogP contribution >= 0.6 is 23.6 Å². The molecule has 0 aliphatic carbocycles. The molecule has 0 spiro atoms. The number of benzene rings is 2. The first kappa shape index (κ1) is 24.7. The number of carbonyl (C=O) groups is 1. The van der Waals surface area contributed by atoms with E-state index in [1.165, 1.54) is 11.3 Å². The number of rotatable bonds is 6. The van der Waals surface area contributed by atoms with Gasteiger partial charge in [0.05, 0.1) is 19.4 Å². The molecule has 0 atom stereocenters. The molecule has 2 N–H and O–H groups in total. The van der Waals surface area contributed by atoms with Gasteiger partial charge in [-0.25, -0.2) is 4.79 Å². The molecule has 0 fully saturated rings. The predicted molar refractivity (Wildman–Crippen MR) is 142 cm³/mol. The number of methoxy groups -OCH3 is 1. The fraction of sp³-hybridized carbons (Fsp3) is 0.308. The van der Waals surface area contributed by atoms with Crippen molar-refractivity contribution in [1.29, 1.82) is 0 Å². The largest absolute Gasteiger partial charge is 0.495 e. The Bertz CT molecular complexity index is 1150. The molecule has 0 aliphatic rings. The van der Waals surface area contributed by atoms with Crippen molar-refractivity contribution < 1.29 is 14.3 Å². The van der Waals surface area contributed by atoms with Crippen molar-refractivity contribution >= 4 is 45.3 Å². The van der Waals surface area contributed by atoms with Gasteiger partial charge in [-0.1, -0.05) is 57.2 Å². The lowest BCUT2D eigenvalue weighted by Gasteiger charge is -2.22. The third-order valence-corrected chi connectivity index (χ3v) is 6.39. The molecule has 3 aromatic rings. The first-order valence-electron chi connectivity index (χ1n) is 10.8. The van der Waals surface area contributed by atoms with Gasteiger partial charge in [-0.15, -0.1) is 11.3 Å². The van der Waals surface area contributed by atoms with Crippen LogP contribution in [0.4, 0.5) is 10.7 Å². The highest BCUT2D eigenvalue weighted by Gasteiger charge is 2.25. The number of nitrogens with one attached hydrogen (secondary N) is 2. The molecule has 0 saturated carbocycles. The molecule has 1 aromatic heterocycles. The standard InChI is InChI=1S/C26H30N2O3S2/c1-7-31-24(29)22-21(17-11-9-8-10-12-17)16(2)33-23(22)28-25(32)27-19-15-18(26(3,4)5)13-14-20(19)30-6/h8-15H,7H2,1-6H3,(H2,27,28,32). The molecular formula is C26H30N2O3S2. The monoisotopic (exact) mass is 482 g/mol. The lowest BCUT2D eigenvalue weighted by molar-refractivity contribution is 0.0529. The third kappa shape index (κ3) is 5.72. The number of hydrogen-bond donors (Lipinski definition) is 2. The summed E-state index contributed by atoms with van der Waals surface area (Å²) in [6, 6.07) is 15.8. The first-order valence-corrected chi connectivity index (χ1v) is 12.0. The number of aryl methyl sites for hydroxylation is 1. The van der Waals surface area contributed by atoms with Gasteiger partial charge in [-0.3, -0.25) is 0 Å². The van der Waals surface area contributed by atoms with Gasteiger partial charge in [0, 0.05) is 10.4 Å². The molecular weight excluding hydrogens is 452 g/mol. The Balaban J connectivity index is 1.95. The molecule has 3 rings (SSSR count). The van der Waals surface area contributed by atoms with Crippen LogP contribution in [-0.2, 0) is 10.2 Å². The minimum atomic E-state index is -0.377. The summed E-state index contributed by atoms with van der Waals surface area (Å²) in [5.41, 5.74) is 4.20. The summed E-state index contributed by atoms with van der Waals surface area (Å²) in [5, 5.41) is 7.47. The minimum Gasteiger partial charge on any atom is -0.495 e. The van der Waals surface area contributed by atoms with Crippen LogP contribution in [0.15, 0.2) is 48.5 Å². The van der Waals surface area contributed by atoms with Crippen LogP contribution < -0.4 is 15.4 Å². The number of thiophene rings is 1. The molecule has 7 heteroatoms. The van der Waals surface area contributed by atoms with Crippen molar-refractivity contribution in [2.24, 2.45) is 0 Å². The highest BCUT2D eigenvalue weighted by atomic mass is 32.1. The average molecular weight is 483 g/mol. The van der Waals surface area contributed by atoms with E-state index in [1.807, 2.05) is 55.5 Å². The summed E-state index contributed by atoms with van der Waals surface area (Å²) < 4.78 is 10.9. The van der Waals surface area contributed by atoms with Crippen molar-refractivity contribution in [1.82, 2.24) is 0 Å². The van der Waals surface area contributed by atoms with E-state index in [4.69, 9.17) is 21.7 Å². The smallest absolute Gasteiger partial charge is 0.341 e. The molecule has 0 unspecified atom stereocenters. The van der Waals surface area contributed by atoms with Crippen LogP contribution in [-0.4, -0.2) is 24.8 Å². The lowest BCUT2D eigenvalue weighted by Crippen LogP contribution is -2.21. The zero-order valence-electron chi connectivity index (χ0n) is 19.9. The van der Waals surface area contributed by atoms with Crippen molar-refractivity contribution in [3.05, 3.63) is 64.5 Å². The highest BCUT2D eigenvalue weighted by molar-refractivity contribution is 7.80. The Hall–Kier alpha value is -2.90. The molecule has 174 valence electrons. The molecule has 1 heterocycles. The number of carbonyl (C=O) groups excluding carboxylic acids is 1. The second-order valence-electron chi connectivity index (χ2n) is 8.57. The van der Waals surface area contributed by atoms with Gasteiger partial charge >= 0.3 is 5.97 Å². The van der Waals surface area contributed by atoms with E-state index >= 15 is 0 Å². The number of esters is 1. The molecule has 0 aliphatic heterocycles. The van der Waals surface area contributed by atoms with Gasteiger partial charge in [-0.2, -0.15) is 0 Å². The normalized spacial score (nSPS) is 11.1. The number of thiocarbonyl (C=S) groups is 1. The predicted octanol–water partition coefficient (Wildman–Crippen LogP) is 7.02. The van der Waals surface area contributed by atoms with E-state index in [9.17, 15) is 4.79 Å².